The van der Waals surface area contributed by atoms with Crippen molar-refractivity contribution < 1.29 is 9.53 Å². The standard InChI is InChI=1S/C13H17NO2/c1-8-13-6-5-10(13)14-7-3-2-4-9(14)11(13)12(15)16-8/h9-11H,1-7H2/t9-,10-,11-,13-/m1/s1. The Bertz CT molecular complexity index is 391. The molecule has 1 saturated carbocycles. The molecule has 3 nitrogen and oxygen atoms in total. The number of cyclic esters (lactones) is 1. The maximum atomic E-state index is 12.0. The fourth-order valence-corrected chi connectivity index (χ4v) is 4.62. The first-order valence-corrected chi connectivity index (χ1v) is 6.42. The number of piperidine rings is 1. The Labute approximate surface area is 95.4 Å². The number of carbonyl (C=O) groups excluding carboxylic acids is 1. The van der Waals surface area contributed by atoms with Gasteiger partial charge in [-0.2, -0.15) is 0 Å². The quantitative estimate of drug-likeness (QED) is 0.581. The molecule has 0 amide bonds. The number of hydrogen-bond acceptors (Lipinski definition) is 3. The van der Waals surface area contributed by atoms with Crippen LogP contribution >= 0.6 is 0 Å². The molecule has 3 saturated heterocycles. The van der Waals surface area contributed by atoms with Crippen LogP contribution in [-0.2, 0) is 9.53 Å². The largest absolute Gasteiger partial charge is 0.431 e. The third-order valence-electron chi connectivity index (χ3n) is 5.36. The first kappa shape index (κ1) is 9.23. The molecule has 3 heteroatoms. The maximum Gasteiger partial charge on any atom is 0.316 e. The summed E-state index contributed by atoms with van der Waals surface area (Å²) >= 11 is 0. The molecule has 4 fully saturated rings. The van der Waals surface area contributed by atoms with Crippen molar-refractivity contribution in [2.75, 3.05) is 6.54 Å². The third-order valence-corrected chi connectivity index (χ3v) is 5.36. The van der Waals surface area contributed by atoms with E-state index in [1.165, 1.54) is 32.2 Å². The van der Waals surface area contributed by atoms with Crippen LogP contribution in [0.15, 0.2) is 12.3 Å². The van der Waals surface area contributed by atoms with Crippen molar-refractivity contribution in [3.63, 3.8) is 0 Å². The summed E-state index contributed by atoms with van der Waals surface area (Å²) in [5.74, 6) is 0.885. The fraction of sp³-hybridized carbons (Fsp3) is 0.769. The SMILES string of the molecule is C=C1OC(=O)[C@H]2[C@H]3CCCCN3[C@@H]3CC[C@]123. The lowest BCUT2D eigenvalue weighted by atomic mass is 9.59. The summed E-state index contributed by atoms with van der Waals surface area (Å²) in [6.45, 7) is 5.18. The number of fused-ring (bicyclic) bond motifs is 3. The minimum atomic E-state index is 0.00380. The number of carbonyl (C=O) groups is 1. The second-order valence-electron chi connectivity index (χ2n) is 5.72. The van der Waals surface area contributed by atoms with E-state index < -0.39 is 0 Å². The molecule has 1 spiro atoms. The molecular formula is C13H17NO2. The third kappa shape index (κ3) is 0.775. The lowest BCUT2D eigenvalue weighted by Crippen LogP contribution is -2.50. The van der Waals surface area contributed by atoms with Crippen LogP contribution in [0.1, 0.15) is 32.1 Å². The Morgan fingerprint density at radius 1 is 1.38 bits per heavy atom. The van der Waals surface area contributed by atoms with Gasteiger partial charge < -0.3 is 4.74 Å². The minimum Gasteiger partial charge on any atom is -0.431 e. The molecule has 0 bridgehead atoms. The van der Waals surface area contributed by atoms with E-state index >= 15 is 0 Å². The van der Waals surface area contributed by atoms with Gasteiger partial charge in [-0.05, 0) is 32.2 Å². The number of hydrogen-bond donors (Lipinski definition) is 0. The average molecular weight is 219 g/mol. The van der Waals surface area contributed by atoms with E-state index in [0.717, 1.165) is 12.2 Å². The Morgan fingerprint density at radius 3 is 3.00 bits per heavy atom. The van der Waals surface area contributed by atoms with Crippen molar-refractivity contribution in [3.05, 3.63) is 12.3 Å². The number of esters is 1. The van der Waals surface area contributed by atoms with Gasteiger partial charge in [0.25, 0.3) is 0 Å². The van der Waals surface area contributed by atoms with E-state index in [9.17, 15) is 4.79 Å². The van der Waals surface area contributed by atoms with Crippen LogP contribution in [-0.4, -0.2) is 29.5 Å². The zero-order valence-electron chi connectivity index (χ0n) is 9.45. The molecule has 0 N–H and O–H groups in total. The molecule has 16 heavy (non-hydrogen) atoms. The molecule has 4 atom stereocenters. The van der Waals surface area contributed by atoms with Gasteiger partial charge in [-0.3, -0.25) is 9.69 Å². The van der Waals surface area contributed by atoms with E-state index in [4.69, 9.17) is 4.74 Å². The highest BCUT2D eigenvalue weighted by atomic mass is 16.5. The van der Waals surface area contributed by atoms with Crippen LogP contribution in [0.25, 0.3) is 0 Å². The number of nitrogens with zero attached hydrogens (tertiary/aromatic N) is 1. The van der Waals surface area contributed by atoms with Gasteiger partial charge in [0.05, 0.1) is 11.3 Å². The normalized spacial score (nSPS) is 50.4. The first-order valence-electron chi connectivity index (χ1n) is 6.42. The van der Waals surface area contributed by atoms with E-state index in [2.05, 4.69) is 11.5 Å². The fourth-order valence-electron chi connectivity index (χ4n) is 4.62. The van der Waals surface area contributed by atoms with Crippen LogP contribution in [0.2, 0.25) is 0 Å². The molecule has 0 aromatic carbocycles. The second-order valence-corrected chi connectivity index (χ2v) is 5.72. The van der Waals surface area contributed by atoms with Gasteiger partial charge in [0, 0.05) is 12.1 Å². The Morgan fingerprint density at radius 2 is 2.25 bits per heavy atom. The summed E-state index contributed by atoms with van der Waals surface area (Å²) in [4.78, 5) is 14.6. The average Bonchev–Trinajstić information content (AvgIpc) is 2.61. The summed E-state index contributed by atoms with van der Waals surface area (Å²) in [5.41, 5.74) is 0.0199. The molecular weight excluding hydrogens is 202 g/mol. The molecule has 0 aromatic heterocycles. The predicted octanol–water partition coefficient (Wildman–Crippen LogP) is 1.69. The van der Waals surface area contributed by atoms with E-state index in [-0.39, 0.29) is 17.3 Å². The van der Waals surface area contributed by atoms with Crippen molar-refractivity contribution in [3.8, 4) is 0 Å². The monoisotopic (exact) mass is 219 g/mol. The lowest BCUT2D eigenvalue weighted by Gasteiger charge is -2.46. The topological polar surface area (TPSA) is 29.5 Å². The highest BCUT2D eigenvalue weighted by molar-refractivity contribution is 5.81. The van der Waals surface area contributed by atoms with E-state index in [1.807, 2.05) is 0 Å². The van der Waals surface area contributed by atoms with Gasteiger partial charge in [0.1, 0.15) is 5.76 Å². The van der Waals surface area contributed by atoms with Gasteiger partial charge in [0.2, 0.25) is 0 Å². The zero-order chi connectivity index (χ0) is 10.9. The summed E-state index contributed by atoms with van der Waals surface area (Å²) in [6, 6.07) is 1.01. The minimum absolute atomic E-state index is 0.00380. The molecule has 86 valence electrons. The van der Waals surface area contributed by atoms with Gasteiger partial charge in [-0.15, -0.1) is 0 Å². The smallest absolute Gasteiger partial charge is 0.316 e. The van der Waals surface area contributed by atoms with Crippen LogP contribution in [0, 0.1) is 11.3 Å². The van der Waals surface area contributed by atoms with Crippen LogP contribution in [0.5, 0.6) is 0 Å². The van der Waals surface area contributed by atoms with Crippen molar-refractivity contribution in [1.82, 2.24) is 4.90 Å². The van der Waals surface area contributed by atoms with Crippen LogP contribution < -0.4 is 0 Å². The van der Waals surface area contributed by atoms with Gasteiger partial charge in [-0.25, -0.2) is 0 Å². The molecule has 1 aliphatic carbocycles. The summed E-state index contributed by atoms with van der Waals surface area (Å²) in [7, 11) is 0. The van der Waals surface area contributed by atoms with Crippen molar-refractivity contribution in [1.29, 1.82) is 0 Å². The first-order chi connectivity index (χ1) is 7.75. The molecule has 0 unspecified atom stereocenters. The Hall–Kier alpha value is -0.830. The van der Waals surface area contributed by atoms with Crippen molar-refractivity contribution >= 4 is 5.97 Å². The Balaban J connectivity index is 1.82. The second kappa shape index (κ2) is 2.70. The van der Waals surface area contributed by atoms with Gasteiger partial charge >= 0.3 is 5.97 Å². The molecule has 0 radical (unpaired) electrons. The van der Waals surface area contributed by atoms with Crippen LogP contribution in [0.4, 0.5) is 0 Å². The van der Waals surface area contributed by atoms with E-state index in [1.54, 1.807) is 0 Å². The lowest BCUT2D eigenvalue weighted by molar-refractivity contribution is -0.140. The zero-order valence-corrected chi connectivity index (χ0v) is 9.45. The summed E-state index contributed by atoms with van der Waals surface area (Å²) < 4.78 is 5.34. The highest BCUT2D eigenvalue weighted by Gasteiger charge is 2.71. The molecule has 3 heterocycles. The van der Waals surface area contributed by atoms with Gasteiger partial charge in [-0.1, -0.05) is 13.0 Å². The molecule has 4 rings (SSSR count). The maximum absolute atomic E-state index is 12.0. The van der Waals surface area contributed by atoms with Gasteiger partial charge in [0.15, 0.2) is 0 Å². The predicted molar refractivity (Wildman–Crippen MR) is 58.5 cm³/mol. The molecule has 0 aromatic rings. The molecule has 3 aliphatic heterocycles. The van der Waals surface area contributed by atoms with Crippen molar-refractivity contribution in [2.24, 2.45) is 11.3 Å². The van der Waals surface area contributed by atoms with Crippen molar-refractivity contribution in [2.45, 2.75) is 44.2 Å². The summed E-state index contributed by atoms with van der Waals surface area (Å²) in [5, 5.41) is 0. The molecule has 4 aliphatic rings. The van der Waals surface area contributed by atoms with Crippen LogP contribution in [0.3, 0.4) is 0 Å². The Kier molecular flexibility index (Phi) is 1.56. The highest BCUT2D eigenvalue weighted by Crippen LogP contribution is 2.65. The summed E-state index contributed by atoms with van der Waals surface area (Å²) in [6.07, 6.45) is 6.06. The number of rotatable bonds is 0. The van der Waals surface area contributed by atoms with E-state index in [0.29, 0.717) is 12.1 Å². The number of ether oxygens (including phenoxy) is 1.